The van der Waals surface area contributed by atoms with Crippen molar-refractivity contribution in [2.45, 2.75) is 26.4 Å². The number of halogens is 1. The standard InChI is InChI=1S/C18H23ClN6O2/c1-10(2)13(8-26)22-18-23-16(14-17(24-18)25(3)9-21-14)20-7-11-5-4-6-12(19)15(11)27/h4-6,9-10,13,26-27H,7-8H2,1-3H3,(H2,20,22,23,24). The Kier molecular flexibility index (Phi) is 5.67. The van der Waals surface area contributed by atoms with Crippen LogP contribution in [0.2, 0.25) is 5.02 Å². The fraction of sp³-hybridized carbons (Fsp3) is 0.389. The van der Waals surface area contributed by atoms with Crippen LogP contribution in [0.15, 0.2) is 24.5 Å². The van der Waals surface area contributed by atoms with Gasteiger partial charge >= 0.3 is 0 Å². The van der Waals surface area contributed by atoms with Crippen LogP contribution >= 0.6 is 11.6 Å². The van der Waals surface area contributed by atoms with Crippen LogP contribution in [-0.4, -0.2) is 42.4 Å². The van der Waals surface area contributed by atoms with Gasteiger partial charge in [0.15, 0.2) is 17.0 Å². The summed E-state index contributed by atoms with van der Waals surface area (Å²) in [5.74, 6) is 1.18. The van der Waals surface area contributed by atoms with E-state index in [4.69, 9.17) is 11.6 Å². The molecule has 0 radical (unpaired) electrons. The predicted molar refractivity (Wildman–Crippen MR) is 106 cm³/mol. The molecule has 0 aliphatic heterocycles. The van der Waals surface area contributed by atoms with Crippen molar-refractivity contribution in [3.05, 3.63) is 35.1 Å². The van der Waals surface area contributed by atoms with Crippen LogP contribution in [0, 0.1) is 5.92 Å². The van der Waals surface area contributed by atoms with Crippen LogP contribution in [-0.2, 0) is 13.6 Å². The number of aromatic nitrogens is 4. The van der Waals surface area contributed by atoms with Crippen molar-refractivity contribution in [1.29, 1.82) is 0 Å². The summed E-state index contributed by atoms with van der Waals surface area (Å²) in [5.41, 5.74) is 1.93. The fourth-order valence-electron chi connectivity index (χ4n) is 2.67. The highest BCUT2D eigenvalue weighted by Crippen LogP contribution is 2.28. The number of fused-ring (bicyclic) bond motifs is 1. The minimum atomic E-state index is -0.166. The number of aliphatic hydroxyl groups is 1. The molecule has 8 nitrogen and oxygen atoms in total. The van der Waals surface area contributed by atoms with E-state index < -0.39 is 0 Å². The van der Waals surface area contributed by atoms with E-state index in [1.54, 1.807) is 29.1 Å². The summed E-state index contributed by atoms with van der Waals surface area (Å²) in [6, 6.07) is 5.02. The van der Waals surface area contributed by atoms with Gasteiger partial charge in [-0.2, -0.15) is 9.97 Å². The average Bonchev–Trinajstić information content (AvgIpc) is 3.01. The second kappa shape index (κ2) is 7.98. The number of para-hydroxylation sites is 1. The van der Waals surface area contributed by atoms with Crippen molar-refractivity contribution in [3.8, 4) is 5.75 Å². The van der Waals surface area contributed by atoms with Crippen molar-refractivity contribution >= 4 is 34.5 Å². The number of hydrogen-bond donors (Lipinski definition) is 4. The molecule has 0 aliphatic carbocycles. The Hall–Kier alpha value is -2.58. The van der Waals surface area contributed by atoms with E-state index in [1.165, 1.54) is 0 Å². The minimum absolute atomic E-state index is 0.0242. The molecule has 0 spiro atoms. The zero-order valence-corrected chi connectivity index (χ0v) is 16.2. The Bertz CT molecular complexity index is 943. The van der Waals surface area contributed by atoms with Crippen molar-refractivity contribution in [1.82, 2.24) is 19.5 Å². The molecule has 0 saturated carbocycles. The number of aliphatic hydroxyl groups excluding tert-OH is 1. The Balaban J connectivity index is 1.92. The van der Waals surface area contributed by atoms with Crippen molar-refractivity contribution in [2.75, 3.05) is 17.2 Å². The lowest BCUT2D eigenvalue weighted by atomic mass is 10.1. The molecule has 144 valence electrons. The van der Waals surface area contributed by atoms with Crippen LogP contribution in [0.3, 0.4) is 0 Å². The molecule has 27 heavy (non-hydrogen) atoms. The van der Waals surface area contributed by atoms with Crippen LogP contribution in [0.5, 0.6) is 5.75 Å². The second-order valence-corrected chi connectivity index (χ2v) is 7.11. The van der Waals surface area contributed by atoms with Gasteiger partial charge in [-0.3, -0.25) is 0 Å². The van der Waals surface area contributed by atoms with Gasteiger partial charge in [0.05, 0.1) is 24.0 Å². The highest BCUT2D eigenvalue weighted by Gasteiger charge is 2.17. The van der Waals surface area contributed by atoms with Gasteiger partial charge in [-0.25, -0.2) is 4.98 Å². The molecule has 3 rings (SSSR count). The third-order valence-corrected chi connectivity index (χ3v) is 4.70. The second-order valence-electron chi connectivity index (χ2n) is 6.70. The summed E-state index contributed by atoms with van der Waals surface area (Å²) in [6.45, 7) is 4.32. The maximum absolute atomic E-state index is 10.1. The number of aryl methyl sites for hydroxylation is 1. The molecule has 3 aromatic rings. The summed E-state index contributed by atoms with van der Waals surface area (Å²) in [7, 11) is 1.85. The molecule has 0 amide bonds. The molecule has 0 aliphatic rings. The number of nitrogens with zero attached hydrogens (tertiary/aromatic N) is 4. The first-order valence-corrected chi connectivity index (χ1v) is 9.05. The molecular weight excluding hydrogens is 368 g/mol. The minimum Gasteiger partial charge on any atom is -0.506 e. The Labute approximate surface area is 162 Å². The largest absolute Gasteiger partial charge is 0.506 e. The van der Waals surface area contributed by atoms with Gasteiger partial charge in [-0.15, -0.1) is 0 Å². The lowest BCUT2D eigenvalue weighted by molar-refractivity contribution is 0.248. The van der Waals surface area contributed by atoms with Crippen molar-refractivity contribution in [3.63, 3.8) is 0 Å². The molecule has 9 heteroatoms. The van der Waals surface area contributed by atoms with Crippen LogP contribution in [0.25, 0.3) is 11.2 Å². The average molecular weight is 391 g/mol. The van der Waals surface area contributed by atoms with Gasteiger partial charge in [0.25, 0.3) is 0 Å². The molecular formula is C18H23ClN6O2. The summed E-state index contributed by atoms with van der Waals surface area (Å²) in [6.07, 6.45) is 1.66. The van der Waals surface area contributed by atoms with E-state index in [0.717, 1.165) is 0 Å². The lowest BCUT2D eigenvalue weighted by Gasteiger charge is -2.20. The Morgan fingerprint density at radius 1 is 1.26 bits per heavy atom. The van der Waals surface area contributed by atoms with Crippen LogP contribution < -0.4 is 10.6 Å². The first-order chi connectivity index (χ1) is 12.9. The van der Waals surface area contributed by atoms with E-state index >= 15 is 0 Å². The zero-order chi connectivity index (χ0) is 19.6. The summed E-state index contributed by atoms with van der Waals surface area (Å²) in [5, 5.41) is 26.3. The van der Waals surface area contributed by atoms with Crippen molar-refractivity contribution in [2.24, 2.45) is 13.0 Å². The molecule has 1 aromatic carbocycles. The van der Waals surface area contributed by atoms with Gasteiger partial charge in [0.1, 0.15) is 5.75 Å². The van der Waals surface area contributed by atoms with E-state index in [-0.39, 0.29) is 24.3 Å². The quantitative estimate of drug-likeness (QED) is 0.491. The molecule has 0 bridgehead atoms. The molecule has 1 atom stereocenters. The molecule has 4 N–H and O–H groups in total. The fourth-order valence-corrected chi connectivity index (χ4v) is 2.86. The van der Waals surface area contributed by atoms with E-state index in [2.05, 4.69) is 25.6 Å². The van der Waals surface area contributed by atoms with Crippen LogP contribution in [0.4, 0.5) is 11.8 Å². The number of phenols is 1. The highest BCUT2D eigenvalue weighted by molar-refractivity contribution is 6.32. The third kappa shape index (κ3) is 4.06. The maximum Gasteiger partial charge on any atom is 0.227 e. The maximum atomic E-state index is 10.1. The molecule has 1 unspecified atom stereocenters. The summed E-state index contributed by atoms with van der Waals surface area (Å²) >= 11 is 5.97. The summed E-state index contributed by atoms with van der Waals surface area (Å²) < 4.78 is 1.80. The Morgan fingerprint density at radius 2 is 2.04 bits per heavy atom. The van der Waals surface area contributed by atoms with E-state index in [9.17, 15) is 10.2 Å². The first kappa shape index (κ1) is 19.2. The molecule has 2 heterocycles. The van der Waals surface area contributed by atoms with Crippen LogP contribution in [0.1, 0.15) is 19.4 Å². The first-order valence-electron chi connectivity index (χ1n) is 8.67. The number of imidazole rings is 1. The number of phenolic OH excluding ortho intramolecular Hbond substituents is 1. The topological polar surface area (TPSA) is 108 Å². The number of anilines is 2. The van der Waals surface area contributed by atoms with Gasteiger partial charge in [-0.05, 0) is 12.0 Å². The lowest BCUT2D eigenvalue weighted by Crippen LogP contribution is -2.30. The number of aromatic hydroxyl groups is 1. The highest BCUT2D eigenvalue weighted by atomic mass is 35.5. The SMILES string of the molecule is CC(C)C(CO)Nc1nc(NCc2cccc(Cl)c2O)c2ncn(C)c2n1. The smallest absolute Gasteiger partial charge is 0.227 e. The number of hydrogen-bond acceptors (Lipinski definition) is 7. The monoisotopic (exact) mass is 390 g/mol. The zero-order valence-electron chi connectivity index (χ0n) is 15.4. The van der Waals surface area contributed by atoms with Gasteiger partial charge in [0, 0.05) is 19.2 Å². The number of benzene rings is 1. The third-order valence-electron chi connectivity index (χ3n) is 4.39. The summed E-state index contributed by atoms with van der Waals surface area (Å²) in [4.78, 5) is 13.4. The molecule has 0 saturated heterocycles. The Morgan fingerprint density at radius 3 is 2.74 bits per heavy atom. The van der Waals surface area contributed by atoms with Gasteiger partial charge < -0.3 is 25.4 Å². The normalized spacial score (nSPS) is 12.5. The molecule has 0 fully saturated rings. The van der Waals surface area contributed by atoms with Gasteiger partial charge in [-0.1, -0.05) is 37.6 Å². The predicted octanol–water partition coefficient (Wildman–Crippen LogP) is 2.76. The van der Waals surface area contributed by atoms with Crippen molar-refractivity contribution < 1.29 is 10.2 Å². The van der Waals surface area contributed by atoms with E-state index in [1.807, 2.05) is 20.9 Å². The number of rotatable bonds is 7. The van der Waals surface area contributed by atoms with E-state index in [0.29, 0.717) is 40.1 Å². The van der Waals surface area contributed by atoms with Gasteiger partial charge in [0.2, 0.25) is 5.95 Å². The molecule has 2 aromatic heterocycles. The number of nitrogens with one attached hydrogen (secondary N) is 2.